The number of para-hydroxylation sites is 2. The van der Waals surface area contributed by atoms with Crippen LogP contribution in [0.25, 0.3) is 34.2 Å². The highest BCUT2D eigenvalue weighted by atomic mass is 16.5. The molecular formula is C43H35N3O5. The molecule has 0 spiro atoms. The number of phenols is 2. The molecule has 0 amide bonds. The molecule has 8 heteroatoms. The number of hydrogen-bond donors (Lipinski definition) is 2. The Morgan fingerprint density at radius 3 is 1.47 bits per heavy atom. The second-order valence-corrected chi connectivity index (χ2v) is 12.1. The van der Waals surface area contributed by atoms with Crippen LogP contribution in [0, 0.1) is 20.8 Å². The zero-order valence-electron chi connectivity index (χ0n) is 28.4. The zero-order valence-corrected chi connectivity index (χ0v) is 28.4. The lowest BCUT2D eigenvalue weighted by Gasteiger charge is -2.15. The van der Waals surface area contributed by atoms with E-state index in [-0.39, 0.29) is 18.1 Å². The fraction of sp³-hybridized carbons (Fsp3) is 0.0930. The summed E-state index contributed by atoms with van der Waals surface area (Å²) in [6, 6.07) is 41.1. The highest BCUT2D eigenvalue weighted by Crippen LogP contribution is 2.35. The third-order valence-electron chi connectivity index (χ3n) is 8.50. The van der Waals surface area contributed by atoms with E-state index in [4.69, 9.17) is 29.2 Å². The van der Waals surface area contributed by atoms with Crippen molar-refractivity contribution in [2.45, 2.75) is 27.4 Å². The molecular weight excluding hydrogens is 638 g/mol. The van der Waals surface area contributed by atoms with Crippen LogP contribution in [0.4, 0.5) is 0 Å². The SMILES string of the molecule is Cc1cc(C)c(COc2ccc(-c3nc(-c4ccc(Oc5ccccc5)cc4)nc(-c4ccc(Oc5ccccc5)cc4)n3)c(O)c2)c(C)c1O. The minimum Gasteiger partial charge on any atom is -0.507 e. The summed E-state index contributed by atoms with van der Waals surface area (Å²) in [4.78, 5) is 14.4. The Labute approximate surface area is 296 Å². The first-order valence-electron chi connectivity index (χ1n) is 16.5. The Balaban J connectivity index is 1.20. The minimum atomic E-state index is -0.0472. The maximum atomic E-state index is 11.3. The summed E-state index contributed by atoms with van der Waals surface area (Å²) >= 11 is 0. The van der Waals surface area contributed by atoms with Crippen molar-refractivity contribution in [3.63, 3.8) is 0 Å². The summed E-state index contributed by atoms with van der Waals surface area (Å²) in [5, 5.41) is 21.7. The molecule has 0 aliphatic rings. The van der Waals surface area contributed by atoms with Gasteiger partial charge in [-0.1, -0.05) is 42.5 Å². The van der Waals surface area contributed by atoms with Crippen LogP contribution in [-0.2, 0) is 6.61 Å². The molecule has 1 heterocycles. The van der Waals surface area contributed by atoms with Gasteiger partial charge in [0.25, 0.3) is 0 Å². The van der Waals surface area contributed by atoms with Gasteiger partial charge in [-0.15, -0.1) is 0 Å². The van der Waals surface area contributed by atoms with E-state index in [1.165, 1.54) is 0 Å². The first-order chi connectivity index (χ1) is 24.8. The lowest BCUT2D eigenvalue weighted by molar-refractivity contribution is 0.302. The number of aromatic nitrogens is 3. The van der Waals surface area contributed by atoms with Crippen LogP contribution in [0.1, 0.15) is 22.3 Å². The molecule has 7 rings (SSSR count). The third kappa shape index (κ3) is 7.50. The van der Waals surface area contributed by atoms with Crippen LogP contribution >= 0.6 is 0 Å². The average molecular weight is 674 g/mol. The lowest BCUT2D eigenvalue weighted by atomic mass is 9.99. The van der Waals surface area contributed by atoms with E-state index in [0.29, 0.717) is 40.3 Å². The van der Waals surface area contributed by atoms with Gasteiger partial charge in [0.05, 0.1) is 5.56 Å². The van der Waals surface area contributed by atoms with Gasteiger partial charge in [-0.25, -0.2) is 15.0 Å². The lowest BCUT2D eigenvalue weighted by Crippen LogP contribution is -2.03. The third-order valence-corrected chi connectivity index (χ3v) is 8.50. The number of ether oxygens (including phenoxy) is 3. The fourth-order valence-electron chi connectivity index (χ4n) is 5.73. The van der Waals surface area contributed by atoms with E-state index in [1.54, 1.807) is 18.2 Å². The Morgan fingerprint density at radius 2 is 0.961 bits per heavy atom. The number of aryl methyl sites for hydroxylation is 2. The normalized spacial score (nSPS) is 10.9. The van der Waals surface area contributed by atoms with E-state index < -0.39 is 0 Å². The van der Waals surface area contributed by atoms with Crippen LogP contribution in [-0.4, -0.2) is 25.2 Å². The predicted octanol–water partition coefficient (Wildman–Crippen LogP) is 10.4. The van der Waals surface area contributed by atoms with Crippen molar-refractivity contribution in [1.29, 1.82) is 0 Å². The smallest absolute Gasteiger partial charge is 0.167 e. The zero-order chi connectivity index (χ0) is 35.3. The molecule has 0 atom stereocenters. The van der Waals surface area contributed by atoms with Crippen LogP contribution < -0.4 is 14.2 Å². The summed E-state index contributed by atoms with van der Waals surface area (Å²) < 4.78 is 18.0. The standard InChI is InChI=1S/C43H35N3O5/c1-27-24-28(2)40(48)29(3)38(27)26-49-36-22-23-37(39(47)25-36)43-45-41(30-14-18-34(19-15-30)50-32-10-6-4-7-11-32)44-42(46-43)31-16-20-35(21-17-31)51-33-12-8-5-9-13-33/h4-25,47-48H,26H2,1-3H3. The van der Waals surface area contributed by atoms with Crippen LogP contribution in [0.15, 0.2) is 133 Å². The van der Waals surface area contributed by atoms with Gasteiger partial charge in [0.15, 0.2) is 17.5 Å². The Kier molecular flexibility index (Phi) is 9.30. The Hall–Kier alpha value is -6.67. The topological polar surface area (TPSA) is 107 Å². The van der Waals surface area contributed by atoms with Gasteiger partial charge in [-0.3, -0.25) is 0 Å². The van der Waals surface area contributed by atoms with Gasteiger partial charge < -0.3 is 24.4 Å². The highest BCUT2D eigenvalue weighted by Gasteiger charge is 2.17. The van der Waals surface area contributed by atoms with Crippen molar-refractivity contribution in [2.75, 3.05) is 0 Å². The first kappa shape index (κ1) is 32.9. The number of hydrogen-bond acceptors (Lipinski definition) is 8. The van der Waals surface area contributed by atoms with Crippen molar-refractivity contribution in [3.8, 4) is 74.4 Å². The summed E-state index contributed by atoms with van der Waals surface area (Å²) in [6.07, 6.45) is 0. The van der Waals surface area contributed by atoms with Crippen molar-refractivity contribution < 1.29 is 24.4 Å². The molecule has 1 aromatic heterocycles. The van der Waals surface area contributed by atoms with E-state index in [0.717, 1.165) is 44.9 Å². The summed E-state index contributed by atoms with van der Waals surface area (Å²) in [7, 11) is 0. The monoisotopic (exact) mass is 673 g/mol. The molecule has 51 heavy (non-hydrogen) atoms. The Morgan fingerprint density at radius 1 is 0.490 bits per heavy atom. The second-order valence-electron chi connectivity index (χ2n) is 12.1. The van der Waals surface area contributed by atoms with Gasteiger partial charge in [0, 0.05) is 17.2 Å². The van der Waals surface area contributed by atoms with Crippen molar-refractivity contribution in [3.05, 3.63) is 156 Å². The van der Waals surface area contributed by atoms with Crippen LogP contribution in [0.3, 0.4) is 0 Å². The van der Waals surface area contributed by atoms with Gasteiger partial charge in [-0.2, -0.15) is 0 Å². The molecule has 0 saturated carbocycles. The number of aromatic hydroxyl groups is 2. The van der Waals surface area contributed by atoms with E-state index in [2.05, 4.69) is 0 Å². The quantitative estimate of drug-likeness (QED) is 0.148. The van der Waals surface area contributed by atoms with Crippen molar-refractivity contribution in [2.24, 2.45) is 0 Å². The summed E-state index contributed by atoms with van der Waals surface area (Å²) in [6.45, 7) is 5.97. The molecule has 0 aliphatic carbocycles. The first-order valence-corrected chi connectivity index (χ1v) is 16.5. The second kappa shape index (κ2) is 14.4. The molecule has 0 unspecified atom stereocenters. The molecule has 0 bridgehead atoms. The number of nitrogens with zero attached hydrogens (tertiary/aromatic N) is 3. The molecule has 6 aromatic carbocycles. The number of benzene rings is 6. The van der Waals surface area contributed by atoms with Crippen LogP contribution in [0.5, 0.6) is 40.2 Å². The van der Waals surface area contributed by atoms with Gasteiger partial charge in [0.1, 0.15) is 46.9 Å². The predicted molar refractivity (Wildman–Crippen MR) is 197 cm³/mol. The molecule has 8 nitrogen and oxygen atoms in total. The molecule has 0 radical (unpaired) electrons. The summed E-state index contributed by atoms with van der Waals surface area (Å²) in [5.41, 5.74) is 5.42. The van der Waals surface area contributed by atoms with E-state index in [1.807, 2.05) is 136 Å². The number of rotatable bonds is 10. The maximum absolute atomic E-state index is 11.3. The molecule has 0 fully saturated rings. The summed E-state index contributed by atoms with van der Waals surface area (Å²) in [5.74, 6) is 4.65. The molecule has 0 aliphatic heterocycles. The Bertz CT molecular complexity index is 2190. The minimum absolute atomic E-state index is 0.0472. The van der Waals surface area contributed by atoms with Gasteiger partial charge in [-0.05, 0) is 128 Å². The molecule has 7 aromatic rings. The van der Waals surface area contributed by atoms with E-state index >= 15 is 0 Å². The molecule has 252 valence electrons. The van der Waals surface area contributed by atoms with E-state index in [9.17, 15) is 10.2 Å². The van der Waals surface area contributed by atoms with Crippen molar-refractivity contribution in [1.82, 2.24) is 15.0 Å². The largest absolute Gasteiger partial charge is 0.507 e. The van der Waals surface area contributed by atoms with Crippen molar-refractivity contribution >= 4 is 0 Å². The average Bonchev–Trinajstić information content (AvgIpc) is 3.15. The fourth-order valence-corrected chi connectivity index (χ4v) is 5.73. The van der Waals surface area contributed by atoms with Gasteiger partial charge >= 0.3 is 0 Å². The van der Waals surface area contributed by atoms with Gasteiger partial charge in [0.2, 0.25) is 0 Å². The molecule has 0 saturated heterocycles. The maximum Gasteiger partial charge on any atom is 0.167 e. The molecule has 2 N–H and O–H groups in total. The van der Waals surface area contributed by atoms with Crippen LogP contribution in [0.2, 0.25) is 0 Å². The number of phenolic OH excluding ortho intramolecular Hbond substituents is 2. The highest BCUT2D eigenvalue weighted by molar-refractivity contribution is 5.71.